The normalized spacial score (nSPS) is 21.0. The van der Waals surface area contributed by atoms with Crippen molar-refractivity contribution in [3.8, 4) is 0 Å². The molecule has 23 heavy (non-hydrogen) atoms. The standard InChI is InChI=1S/C17H21FN2O2.ClH/c1-10-7-12(5-6-19-10)17(21)20-9-16-11(2)14-8-13(18)3-4-15(14)22-16;/h3-4,8,10,12,19H,5-7,9H2,1-2H3,(H,20,21);1H/t10-,12-;/m0./s1. The fourth-order valence-electron chi connectivity index (χ4n) is 3.09. The Morgan fingerprint density at radius 3 is 3.00 bits per heavy atom. The van der Waals surface area contributed by atoms with Crippen molar-refractivity contribution in [1.29, 1.82) is 0 Å². The quantitative estimate of drug-likeness (QED) is 0.901. The number of rotatable bonds is 3. The maximum absolute atomic E-state index is 13.3. The smallest absolute Gasteiger partial charge is 0.223 e. The molecule has 2 heterocycles. The highest BCUT2D eigenvalue weighted by Crippen LogP contribution is 2.26. The number of carbonyl (C=O) groups excluding carboxylic acids is 1. The summed E-state index contributed by atoms with van der Waals surface area (Å²) in [6.07, 6.45) is 1.72. The molecule has 4 nitrogen and oxygen atoms in total. The SMILES string of the molecule is Cc1c(CNC(=O)[C@H]2CCN[C@@H](C)C2)oc2ccc(F)cc12.Cl. The molecule has 1 aromatic heterocycles. The lowest BCUT2D eigenvalue weighted by atomic mass is 9.92. The molecule has 0 bridgehead atoms. The number of aryl methyl sites for hydroxylation is 1. The highest BCUT2D eigenvalue weighted by Gasteiger charge is 2.24. The van der Waals surface area contributed by atoms with Crippen LogP contribution in [0.3, 0.4) is 0 Å². The van der Waals surface area contributed by atoms with Gasteiger partial charge in [-0.3, -0.25) is 4.79 Å². The fourth-order valence-corrected chi connectivity index (χ4v) is 3.09. The van der Waals surface area contributed by atoms with E-state index in [1.807, 2.05) is 6.92 Å². The largest absolute Gasteiger partial charge is 0.459 e. The van der Waals surface area contributed by atoms with Gasteiger partial charge in [0.15, 0.2) is 0 Å². The first-order valence-electron chi connectivity index (χ1n) is 7.73. The second-order valence-electron chi connectivity index (χ2n) is 6.08. The minimum Gasteiger partial charge on any atom is -0.459 e. The van der Waals surface area contributed by atoms with Gasteiger partial charge in [-0.05, 0) is 51.4 Å². The summed E-state index contributed by atoms with van der Waals surface area (Å²) in [5, 5.41) is 7.05. The Morgan fingerprint density at radius 1 is 1.48 bits per heavy atom. The number of carbonyl (C=O) groups is 1. The molecule has 2 N–H and O–H groups in total. The summed E-state index contributed by atoms with van der Waals surface area (Å²) in [6.45, 7) is 5.21. The minimum absolute atomic E-state index is 0. The topological polar surface area (TPSA) is 54.3 Å². The van der Waals surface area contributed by atoms with Gasteiger partial charge in [-0.1, -0.05) is 0 Å². The van der Waals surface area contributed by atoms with Crippen LogP contribution in [0.4, 0.5) is 4.39 Å². The van der Waals surface area contributed by atoms with Gasteiger partial charge in [-0.2, -0.15) is 0 Å². The Hall–Kier alpha value is -1.59. The highest BCUT2D eigenvalue weighted by molar-refractivity contribution is 5.85. The lowest BCUT2D eigenvalue weighted by molar-refractivity contribution is -0.126. The van der Waals surface area contributed by atoms with Crippen LogP contribution < -0.4 is 10.6 Å². The maximum atomic E-state index is 13.3. The van der Waals surface area contributed by atoms with E-state index in [1.54, 1.807) is 6.07 Å². The summed E-state index contributed by atoms with van der Waals surface area (Å²) in [4.78, 5) is 12.3. The van der Waals surface area contributed by atoms with E-state index in [-0.39, 0.29) is 30.0 Å². The first kappa shape index (κ1) is 17.8. The number of halogens is 2. The predicted molar refractivity (Wildman–Crippen MR) is 90.2 cm³/mol. The number of nitrogens with one attached hydrogen (secondary N) is 2. The van der Waals surface area contributed by atoms with E-state index >= 15 is 0 Å². The zero-order valence-corrected chi connectivity index (χ0v) is 14.1. The first-order valence-corrected chi connectivity index (χ1v) is 7.73. The maximum Gasteiger partial charge on any atom is 0.223 e. The third-order valence-electron chi connectivity index (χ3n) is 4.41. The fraction of sp³-hybridized carbons (Fsp3) is 0.471. The Bertz CT molecular complexity index is 701. The van der Waals surface area contributed by atoms with Crippen molar-refractivity contribution in [3.05, 3.63) is 35.3 Å². The van der Waals surface area contributed by atoms with Gasteiger partial charge in [0.05, 0.1) is 6.54 Å². The van der Waals surface area contributed by atoms with Crippen molar-refractivity contribution in [1.82, 2.24) is 10.6 Å². The summed E-state index contributed by atoms with van der Waals surface area (Å²) in [5.74, 6) is 0.532. The van der Waals surface area contributed by atoms with E-state index in [2.05, 4.69) is 17.6 Å². The van der Waals surface area contributed by atoms with Crippen molar-refractivity contribution >= 4 is 29.3 Å². The van der Waals surface area contributed by atoms with Crippen molar-refractivity contribution in [2.45, 2.75) is 39.3 Å². The summed E-state index contributed by atoms with van der Waals surface area (Å²) in [5.41, 5.74) is 1.53. The molecule has 0 spiro atoms. The van der Waals surface area contributed by atoms with Crippen molar-refractivity contribution in [2.75, 3.05) is 6.54 Å². The van der Waals surface area contributed by atoms with Crippen LogP contribution in [-0.4, -0.2) is 18.5 Å². The molecule has 6 heteroatoms. The van der Waals surface area contributed by atoms with Crippen LogP contribution in [-0.2, 0) is 11.3 Å². The molecule has 2 atom stereocenters. The summed E-state index contributed by atoms with van der Waals surface area (Å²) in [7, 11) is 0. The number of benzene rings is 1. The number of furan rings is 1. The second kappa shape index (κ2) is 7.32. The molecule has 1 aliphatic heterocycles. The van der Waals surface area contributed by atoms with Crippen LogP contribution in [0.25, 0.3) is 11.0 Å². The molecule has 126 valence electrons. The lowest BCUT2D eigenvalue weighted by Gasteiger charge is -2.26. The van der Waals surface area contributed by atoms with Gasteiger partial charge in [-0.25, -0.2) is 4.39 Å². The summed E-state index contributed by atoms with van der Waals surface area (Å²) in [6, 6.07) is 4.84. The van der Waals surface area contributed by atoms with E-state index in [0.717, 1.165) is 30.3 Å². The predicted octanol–water partition coefficient (Wildman–Crippen LogP) is 3.31. The molecular weight excluding hydrogens is 319 g/mol. The average molecular weight is 341 g/mol. The lowest BCUT2D eigenvalue weighted by Crippen LogP contribution is -2.42. The number of amides is 1. The van der Waals surface area contributed by atoms with Crippen LogP contribution in [0.15, 0.2) is 22.6 Å². The Balaban J connectivity index is 0.00000192. The first-order chi connectivity index (χ1) is 10.5. The van der Waals surface area contributed by atoms with Crippen LogP contribution in [0.1, 0.15) is 31.1 Å². The van der Waals surface area contributed by atoms with Crippen LogP contribution in [0.5, 0.6) is 0 Å². The van der Waals surface area contributed by atoms with Gasteiger partial charge in [0.1, 0.15) is 17.2 Å². The van der Waals surface area contributed by atoms with Crippen molar-refractivity contribution in [2.24, 2.45) is 5.92 Å². The van der Waals surface area contributed by atoms with E-state index in [9.17, 15) is 9.18 Å². The zero-order chi connectivity index (χ0) is 15.7. The van der Waals surface area contributed by atoms with Gasteiger partial charge in [-0.15, -0.1) is 12.4 Å². The highest BCUT2D eigenvalue weighted by atomic mass is 35.5. The van der Waals surface area contributed by atoms with Crippen LogP contribution >= 0.6 is 12.4 Å². The molecule has 1 aliphatic rings. The molecule has 0 radical (unpaired) electrons. The molecule has 0 aliphatic carbocycles. The van der Waals surface area contributed by atoms with E-state index < -0.39 is 0 Å². The van der Waals surface area contributed by atoms with Gasteiger partial charge in [0, 0.05) is 22.9 Å². The summed E-state index contributed by atoms with van der Waals surface area (Å²) >= 11 is 0. The molecule has 0 unspecified atom stereocenters. The van der Waals surface area contributed by atoms with Crippen LogP contribution in [0.2, 0.25) is 0 Å². The molecule has 0 saturated carbocycles. The third kappa shape index (κ3) is 3.85. The van der Waals surface area contributed by atoms with Gasteiger partial charge < -0.3 is 15.1 Å². The Morgan fingerprint density at radius 2 is 2.26 bits per heavy atom. The van der Waals surface area contributed by atoms with E-state index in [1.165, 1.54) is 12.1 Å². The molecule has 1 saturated heterocycles. The Labute approximate surface area is 141 Å². The number of hydrogen-bond acceptors (Lipinski definition) is 3. The van der Waals surface area contributed by atoms with Crippen molar-refractivity contribution < 1.29 is 13.6 Å². The van der Waals surface area contributed by atoms with E-state index in [4.69, 9.17) is 4.42 Å². The molecule has 1 amide bonds. The number of piperidine rings is 1. The molecule has 3 rings (SSSR count). The summed E-state index contributed by atoms with van der Waals surface area (Å²) < 4.78 is 19.0. The van der Waals surface area contributed by atoms with Gasteiger partial charge >= 0.3 is 0 Å². The van der Waals surface area contributed by atoms with Crippen molar-refractivity contribution in [3.63, 3.8) is 0 Å². The second-order valence-corrected chi connectivity index (χ2v) is 6.08. The minimum atomic E-state index is -0.282. The molecule has 2 aromatic rings. The molecular formula is C17H22ClFN2O2. The van der Waals surface area contributed by atoms with Gasteiger partial charge in [0.2, 0.25) is 5.91 Å². The van der Waals surface area contributed by atoms with Gasteiger partial charge in [0.25, 0.3) is 0 Å². The molecule has 1 fully saturated rings. The Kier molecular flexibility index (Phi) is 5.65. The third-order valence-corrected chi connectivity index (χ3v) is 4.41. The number of hydrogen-bond donors (Lipinski definition) is 2. The van der Waals surface area contributed by atoms with Crippen LogP contribution in [0, 0.1) is 18.7 Å². The van der Waals surface area contributed by atoms with E-state index in [0.29, 0.717) is 23.9 Å². The zero-order valence-electron chi connectivity index (χ0n) is 13.3. The average Bonchev–Trinajstić information content (AvgIpc) is 2.81. The number of fused-ring (bicyclic) bond motifs is 1. The molecule has 1 aromatic carbocycles. The monoisotopic (exact) mass is 340 g/mol.